The first-order chi connectivity index (χ1) is 7.00. The van der Waals surface area contributed by atoms with Gasteiger partial charge in [-0.25, -0.2) is 8.42 Å². The average Bonchev–Trinajstić information content (AvgIpc) is 2.18. The first-order valence-corrected chi connectivity index (χ1v) is 7.60. The van der Waals surface area contributed by atoms with E-state index < -0.39 is 10.0 Å². The van der Waals surface area contributed by atoms with Gasteiger partial charge in [-0.2, -0.15) is 4.31 Å². The number of piperidine rings is 1. The largest absolute Gasteiger partial charge is 0.216 e. The van der Waals surface area contributed by atoms with Gasteiger partial charge in [0.15, 0.2) is 0 Å². The number of sulfonamides is 1. The maximum atomic E-state index is 12.1. The van der Waals surface area contributed by atoms with Gasteiger partial charge in [0, 0.05) is 18.5 Å². The van der Waals surface area contributed by atoms with Crippen molar-refractivity contribution in [3.63, 3.8) is 0 Å². The van der Waals surface area contributed by atoms with Crippen LogP contribution < -0.4 is 0 Å². The van der Waals surface area contributed by atoms with Gasteiger partial charge in [0.25, 0.3) is 0 Å². The van der Waals surface area contributed by atoms with Crippen LogP contribution >= 0.6 is 11.6 Å². The van der Waals surface area contributed by atoms with Crippen LogP contribution in [0.1, 0.15) is 39.5 Å². The van der Waals surface area contributed by atoms with Gasteiger partial charge in [0.05, 0.1) is 5.25 Å². The Morgan fingerprint density at radius 2 is 2.07 bits per heavy atom. The summed E-state index contributed by atoms with van der Waals surface area (Å²) in [6.45, 7) is 4.14. The molecular formula is C10H20ClNO2S. The fourth-order valence-corrected chi connectivity index (χ4v) is 3.80. The monoisotopic (exact) mass is 253 g/mol. The third-order valence-corrected chi connectivity index (χ3v) is 5.48. The minimum atomic E-state index is -3.10. The molecule has 1 aliphatic heterocycles. The SMILES string of the molecule is CC(C)S(=O)(=O)N1CCCCC1CCCl. The summed E-state index contributed by atoms with van der Waals surface area (Å²) in [7, 11) is -3.10. The lowest BCUT2D eigenvalue weighted by Crippen LogP contribution is -2.46. The Morgan fingerprint density at radius 1 is 1.40 bits per heavy atom. The van der Waals surface area contributed by atoms with Crippen LogP contribution in [0.5, 0.6) is 0 Å². The smallest absolute Gasteiger partial charge is 0.212 e. The molecule has 0 radical (unpaired) electrons. The van der Waals surface area contributed by atoms with Crippen molar-refractivity contribution in [3.05, 3.63) is 0 Å². The number of alkyl halides is 1. The van der Waals surface area contributed by atoms with Crippen LogP contribution in [0.3, 0.4) is 0 Å². The van der Waals surface area contributed by atoms with Gasteiger partial charge in [-0.15, -0.1) is 11.6 Å². The van der Waals surface area contributed by atoms with E-state index in [0.29, 0.717) is 12.4 Å². The Labute approximate surface area is 97.8 Å². The van der Waals surface area contributed by atoms with Gasteiger partial charge >= 0.3 is 0 Å². The Balaban J connectivity index is 2.80. The molecule has 0 aromatic rings. The number of rotatable bonds is 4. The lowest BCUT2D eigenvalue weighted by atomic mass is 10.0. The Hall–Kier alpha value is 0.200. The topological polar surface area (TPSA) is 37.4 Å². The summed E-state index contributed by atoms with van der Waals surface area (Å²) in [6.07, 6.45) is 3.82. The molecule has 0 aromatic heterocycles. The Morgan fingerprint density at radius 3 is 2.60 bits per heavy atom. The van der Waals surface area contributed by atoms with Crippen LogP contribution in [0, 0.1) is 0 Å². The van der Waals surface area contributed by atoms with Crippen LogP contribution in [-0.2, 0) is 10.0 Å². The average molecular weight is 254 g/mol. The first-order valence-electron chi connectivity index (χ1n) is 5.56. The lowest BCUT2D eigenvalue weighted by Gasteiger charge is -2.35. The molecular weight excluding hydrogens is 234 g/mol. The number of hydrogen-bond acceptors (Lipinski definition) is 2. The molecule has 0 amide bonds. The molecule has 0 aliphatic carbocycles. The standard InChI is InChI=1S/C10H20ClNO2S/c1-9(2)15(13,14)12-8-4-3-5-10(12)6-7-11/h9-10H,3-8H2,1-2H3. The van der Waals surface area contributed by atoms with Crippen LogP contribution in [-0.4, -0.2) is 36.4 Å². The summed E-state index contributed by atoms with van der Waals surface area (Å²) >= 11 is 5.71. The molecule has 1 fully saturated rings. The first kappa shape index (κ1) is 13.3. The molecule has 1 unspecified atom stereocenters. The fraction of sp³-hybridized carbons (Fsp3) is 1.00. The van der Waals surface area contributed by atoms with Crippen molar-refractivity contribution >= 4 is 21.6 Å². The van der Waals surface area contributed by atoms with Gasteiger partial charge in [-0.05, 0) is 33.1 Å². The van der Waals surface area contributed by atoms with Crippen molar-refractivity contribution in [3.8, 4) is 0 Å². The molecule has 5 heteroatoms. The quantitative estimate of drug-likeness (QED) is 0.721. The van der Waals surface area contributed by atoms with Gasteiger partial charge in [-0.3, -0.25) is 0 Å². The van der Waals surface area contributed by atoms with E-state index in [1.807, 2.05) is 0 Å². The van der Waals surface area contributed by atoms with Crippen molar-refractivity contribution in [2.45, 2.75) is 50.8 Å². The van der Waals surface area contributed by atoms with Crippen LogP contribution in [0.2, 0.25) is 0 Å². The molecule has 1 rings (SSSR count). The minimum Gasteiger partial charge on any atom is -0.212 e. The molecule has 0 spiro atoms. The predicted molar refractivity (Wildman–Crippen MR) is 63.7 cm³/mol. The van der Waals surface area contributed by atoms with E-state index in [1.165, 1.54) is 0 Å². The van der Waals surface area contributed by atoms with Gasteiger partial charge < -0.3 is 0 Å². The summed E-state index contributed by atoms with van der Waals surface area (Å²) in [4.78, 5) is 0. The summed E-state index contributed by atoms with van der Waals surface area (Å²) in [5.74, 6) is 0.536. The van der Waals surface area contributed by atoms with Crippen LogP contribution in [0.15, 0.2) is 0 Å². The highest BCUT2D eigenvalue weighted by molar-refractivity contribution is 7.89. The van der Waals surface area contributed by atoms with Crippen molar-refractivity contribution < 1.29 is 8.42 Å². The van der Waals surface area contributed by atoms with Crippen molar-refractivity contribution in [2.24, 2.45) is 0 Å². The maximum Gasteiger partial charge on any atom is 0.216 e. The highest BCUT2D eigenvalue weighted by Gasteiger charge is 2.33. The van der Waals surface area contributed by atoms with Gasteiger partial charge in [0.1, 0.15) is 0 Å². The molecule has 1 aliphatic rings. The summed E-state index contributed by atoms with van der Waals surface area (Å²) < 4.78 is 25.8. The zero-order valence-corrected chi connectivity index (χ0v) is 11.0. The number of halogens is 1. The molecule has 1 heterocycles. The van der Waals surface area contributed by atoms with Gasteiger partial charge in [-0.1, -0.05) is 6.42 Å². The molecule has 0 bridgehead atoms. The van der Waals surface area contributed by atoms with Crippen molar-refractivity contribution in [1.82, 2.24) is 4.31 Å². The molecule has 15 heavy (non-hydrogen) atoms. The third-order valence-electron chi connectivity index (χ3n) is 2.94. The zero-order chi connectivity index (χ0) is 11.5. The second-order valence-electron chi connectivity index (χ2n) is 4.33. The van der Waals surface area contributed by atoms with Gasteiger partial charge in [0.2, 0.25) is 10.0 Å². The van der Waals surface area contributed by atoms with E-state index in [9.17, 15) is 8.42 Å². The van der Waals surface area contributed by atoms with E-state index in [2.05, 4.69) is 0 Å². The summed E-state index contributed by atoms with van der Waals surface area (Å²) in [5.41, 5.74) is 0. The van der Waals surface area contributed by atoms with E-state index in [0.717, 1.165) is 25.7 Å². The van der Waals surface area contributed by atoms with E-state index in [-0.39, 0.29) is 11.3 Å². The summed E-state index contributed by atoms with van der Waals surface area (Å²) in [6, 6.07) is 0.128. The molecule has 1 saturated heterocycles. The molecule has 0 N–H and O–H groups in total. The molecule has 90 valence electrons. The zero-order valence-electron chi connectivity index (χ0n) is 9.45. The Bertz CT molecular complexity index is 288. The minimum absolute atomic E-state index is 0.128. The highest BCUT2D eigenvalue weighted by atomic mass is 35.5. The molecule has 0 saturated carbocycles. The molecule has 3 nitrogen and oxygen atoms in total. The lowest BCUT2D eigenvalue weighted by molar-refractivity contribution is 0.246. The van der Waals surface area contributed by atoms with E-state index in [1.54, 1.807) is 18.2 Å². The summed E-state index contributed by atoms with van der Waals surface area (Å²) in [5, 5.41) is -0.326. The third kappa shape index (κ3) is 3.08. The molecule has 0 aromatic carbocycles. The number of hydrogen-bond donors (Lipinski definition) is 0. The molecule has 1 atom stereocenters. The van der Waals surface area contributed by atoms with E-state index in [4.69, 9.17) is 11.6 Å². The highest BCUT2D eigenvalue weighted by Crippen LogP contribution is 2.25. The second kappa shape index (κ2) is 5.51. The normalized spacial score (nSPS) is 24.7. The second-order valence-corrected chi connectivity index (χ2v) is 7.15. The van der Waals surface area contributed by atoms with Crippen LogP contribution in [0.4, 0.5) is 0 Å². The number of nitrogens with zero attached hydrogens (tertiary/aromatic N) is 1. The predicted octanol–water partition coefficient (Wildman–Crippen LogP) is 2.21. The van der Waals surface area contributed by atoms with Crippen molar-refractivity contribution in [2.75, 3.05) is 12.4 Å². The maximum absolute atomic E-state index is 12.1. The van der Waals surface area contributed by atoms with E-state index >= 15 is 0 Å². The Kier molecular flexibility index (Phi) is 4.87. The fourth-order valence-electron chi connectivity index (χ4n) is 1.99. The van der Waals surface area contributed by atoms with Crippen molar-refractivity contribution in [1.29, 1.82) is 0 Å². The van der Waals surface area contributed by atoms with Crippen LogP contribution in [0.25, 0.3) is 0 Å².